The van der Waals surface area contributed by atoms with E-state index in [0.29, 0.717) is 17.1 Å². The van der Waals surface area contributed by atoms with E-state index in [0.717, 1.165) is 10.0 Å². The lowest BCUT2D eigenvalue weighted by Crippen LogP contribution is -2.31. The Morgan fingerprint density at radius 1 is 1.44 bits per heavy atom. The van der Waals surface area contributed by atoms with E-state index in [9.17, 15) is 4.79 Å². The minimum atomic E-state index is -0.395. The van der Waals surface area contributed by atoms with E-state index in [2.05, 4.69) is 31.3 Å². The number of nitrogens with two attached hydrogens (primary N) is 1. The van der Waals surface area contributed by atoms with Crippen molar-refractivity contribution in [3.8, 4) is 11.4 Å². The lowest BCUT2D eigenvalue weighted by atomic mass is 10.2. The number of aromatic nitrogens is 2. The van der Waals surface area contributed by atoms with Crippen LogP contribution in [0.4, 0.5) is 0 Å². The molecule has 5 nitrogen and oxygen atoms in total. The van der Waals surface area contributed by atoms with E-state index in [1.165, 1.54) is 6.20 Å². The fourth-order valence-electron chi connectivity index (χ4n) is 1.53. The van der Waals surface area contributed by atoms with Gasteiger partial charge in [0.2, 0.25) is 0 Å². The topological polar surface area (TPSA) is 80.9 Å². The molecule has 0 saturated heterocycles. The number of carbonyl (C=O) groups is 1. The molecular weight excluding hydrogens is 296 g/mol. The molecule has 0 unspecified atom stereocenters. The zero-order chi connectivity index (χ0) is 13.1. The van der Waals surface area contributed by atoms with Crippen LogP contribution in [0.3, 0.4) is 0 Å². The van der Waals surface area contributed by atoms with Gasteiger partial charge in [-0.05, 0) is 19.1 Å². The predicted molar refractivity (Wildman–Crippen MR) is 71.6 cm³/mol. The Bertz CT molecular complexity index is 600. The number of hydrogen-bond donors (Lipinski definition) is 2. The van der Waals surface area contributed by atoms with Crippen molar-refractivity contribution in [2.75, 3.05) is 0 Å². The summed E-state index contributed by atoms with van der Waals surface area (Å²) in [7, 11) is 0. The summed E-state index contributed by atoms with van der Waals surface area (Å²) < 4.78 is 0.949. The molecule has 1 aromatic heterocycles. The average Bonchev–Trinajstić information content (AvgIpc) is 2.37. The zero-order valence-electron chi connectivity index (χ0n) is 9.64. The third-order valence-corrected chi connectivity index (χ3v) is 2.93. The summed E-state index contributed by atoms with van der Waals surface area (Å²) in [5.41, 5.74) is 3.90. The van der Waals surface area contributed by atoms with Crippen LogP contribution in [0.2, 0.25) is 0 Å². The summed E-state index contributed by atoms with van der Waals surface area (Å²) in [6, 6.07) is 7.64. The minimum Gasteiger partial charge on any atom is -0.290 e. The van der Waals surface area contributed by atoms with Crippen LogP contribution in [0, 0.1) is 6.92 Å². The molecule has 0 fully saturated rings. The third kappa shape index (κ3) is 2.55. The van der Waals surface area contributed by atoms with E-state index in [-0.39, 0.29) is 0 Å². The number of benzene rings is 1. The SMILES string of the molecule is Cc1nc(-c2cccc(Br)c2)ncc1C(=O)NN. The number of rotatable bonds is 2. The molecule has 0 aliphatic heterocycles. The van der Waals surface area contributed by atoms with Crippen molar-refractivity contribution in [3.05, 3.63) is 46.2 Å². The maximum atomic E-state index is 11.4. The second-order valence-electron chi connectivity index (χ2n) is 3.68. The molecule has 0 aliphatic carbocycles. The number of nitrogens with zero attached hydrogens (tertiary/aromatic N) is 2. The van der Waals surface area contributed by atoms with Gasteiger partial charge in [-0.15, -0.1) is 0 Å². The molecule has 0 bridgehead atoms. The largest absolute Gasteiger partial charge is 0.290 e. The van der Waals surface area contributed by atoms with Crippen LogP contribution >= 0.6 is 15.9 Å². The molecule has 1 amide bonds. The monoisotopic (exact) mass is 306 g/mol. The average molecular weight is 307 g/mol. The number of carbonyl (C=O) groups excluding carboxylic acids is 1. The van der Waals surface area contributed by atoms with E-state index in [1.54, 1.807) is 6.92 Å². The minimum absolute atomic E-state index is 0.372. The Balaban J connectivity index is 2.43. The molecule has 3 N–H and O–H groups in total. The summed E-state index contributed by atoms with van der Waals surface area (Å²) in [5.74, 6) is 5.26. The molecule has 1 heterocycles. The molecule has 0 spiro atoms. The van der Waals surface area contributed by atoms with Crippen molar-refractivity contribution in [1.29, 1.82) is 0 Å². The van der Waals surface area contributed by atoms with Gasteiger partial charge >= 0.3 is 0 Å². The van der Waals surface area contributed by atoms with E-state index < -0.39 is 5.91 Å². The van der Waals surface area contributed by atoms with Gasteiger partial charge < -0.3 is 0 Å². The van der Waals surface area contributed by atoms with Crippen molar-refractivity contribution in [2.24, 2.45) is 5.84 Å². The Kier molecular flexibility index (Phi) is 3.69. The number of hydrogen-bond acceptors (Lipinski definition) is 4. The van der Waals surface area contributed by atoms with Crippen molar-refractivity contribution < 1.29 is 4.79 Å². The fraction of sp³-hybridized carbons (Fsp3) is 0.0833. The van der Waals surface area contributed by atoms with Crippen LogP contribution in [-0.2, 0) is 0 Å². The van der Waals surface area contributed by atoms with Crippen LogP contribution < -0.4 is 11.3 Å². The van der Waals surface area contributed by atoms with Crippen molar-refractivity contribution in [3.63, 3.8) is 0 Å². The highest BCUT2D eigenvalue weighted by Gasteiger charge is 2.11. The molecule has 0 radical (unpaired) electrons. The Morgan fingerprint density at radius 2 is 2.22 bits per heavy atom. The molecule has 18 heavy (non-hydrogen) atoms. The summed E-state index contributed by atoms with van der Waals surface area (Å²) in [6.45, 7) is 1.74. The number of nitrogens with one attached hydrogen (secondary N) is 1. The van der Waals surface area contributed by atoms with Gasteiger partial charge in [-0.2, -0.15) is 0 Å². The first kappa shape index (κ1) is 12.7. The highest BCUT2D eigenvalue weighted by atomic mass is 79.9. The lowest BCUT2D eigenvalue weighted by molar-refractivity contribution is 0.0952. The molecular formula is C12H11BrN4O. The lowest BCUT2D eigenvalue weighted by Gasteiger charge is -2.06. The molecule has 2 aromatic rings. The van der Waals surface area contributed by atoms with Crippen molar-refractivity contribution in [1.82, 2.24) is 15.4 Å². The Labute approximate surface area is 113 Å². The zero-order valence-corrected chi connectivity index (χ0v) is 11.2. The first-order valence-electron chi connectivity index (χ1n) is 5.22. The first-order chi connectivity index (χ1) is 8.61. The Hall–Kier alpha value is -1.79. The van der Waals surface area contributed by atoms with Crippen LogP contribution in [-0.4, -0.2) is 15.9 Å². The number of nitrogen functional groups attached to an aromatic ring is 1. The van der Waals surface area contributed by atoms with Gasteiger partial charge in [0.05, 0.1) is 11.3 Å². The highest BCUT2D eigenvalue weighted by Crippen LogP contribution is 2.20. The molecule has 0 aliphatic rings. The number of amides is 1. The molecule has 1 aromatic carbocycles. The van der Waals surface area contributed by atoms with Crippen LogP contribution in [0.1, 0.15) is 16.1 Å². The van der Waals surface area contributed by atoms with Gasteiger partial charge in [0.15, 0.2) is 5.82 Å². The highest BCUT2D eigenvalue weighted by molar-refractivity contribution is 9.10. The van der Waals surface area contributed by atoms with E-state index in [4.69, 9.17) is 5.84 Å². The second-order valence-corrected chi connectivity index (χ2v) is 4.59. The summed E-state index contributed by atoms with van der Waals surface area (Å²) in [6.07, 6.45) is 1.47. The number of halogens is 1. The summed E-state index contributed by atoms with van der Waals surface area (Å²) in [5, 5.41) is 0. The third-order valence-electron chi connectivity index (χ3n) is 2.44. The smallest absolute Gasteiger partial charge is 0.268 e. The van der Waals surface area contributed by atoms with Gasteiger partial charge in [-0.1, -0.05) is 28.1 Å². The molecule has 0 saturated carbocycles. The van der Waals surface area contributed by atoms with Crippen LogP contribution in [0.25, 0.3) is 11.4 Å². The maximum absolute atomic E-state index is 11.4. The molecule has 0 atom stereocenters. The van der Waals surface area contributed by atoms with E-state index >= 15 is 0 Å². The van der Waals surface area contributed by atoms with Gasteiger partial charge in [-0.25, -0.2) is 15.8 Å². The fourth-order valence-corrected chi connectivity index (χ4v) is 1.93. The van der Waals surface area contributed by atoms with Gasteiger partial charge in [0.25, 0.3) is 5.91 Å². The quantitative estimate of drug-likeness (QED) is 0.504. The summed E-state index contributed by atoms with van der Waals surface area (Å²) >= 11 is 3.39. The standard InChI is InChI=1S/C12H11BrN4O/c1-7-10(12(18)17-14)6-15-11(16-7)8-3-2-4-9(13)5-8/h2-6H,14H2,1H3,(H,17,18). The summed E-state index contributed by atoms with van der Waals surface area (Å²) in [4.78, 5) is 19.9. The van der Waals surface area contributed by atoms with E-state index in [1.807, 2.05) is 24.3 Å². The van der Waals surface area contributed by atoms with Gasteiger partial charge in [0.1, 0.15) is 0 Å². The molecule has 6 heteroatoms. The first-order valence-corrected chi connectivity index (χ1v) is 6.01. The molecule has 92 valence electrons. The van der Waals surface area contributed by atoms with Crippen molar-refractivity contribution in [2.45, 2.75) is 6.92 Å². The maximum Gasteiger partial charge on any atom is 0.268 e. The number of hydrazine groups is 1. The van der Waals surface area contributed by atoms with Crippen LogP contribution in [0.5, 0.6) is 0 Å². The van der Waals surface area contributed by atoms with Crippen LogP contribution in [0.15, 0.2) is 34.9 Å². The predicted octanol–water partition coefficient (Wildman–Crippen LogP) is 1.82. The normalized spacial score (nSPS) is 10.2. The van der Waals surface area contributed by atoms with Crippen molar-refractivity contribution >= 4 is 21.8 Å². The second kappa shape index (κ2) is 5.24. The Morgan fingerprint density at radius 3 is 2.83 bits per heavy atom. The van der Waals surface area contributed by atoms with Gasteiger partial charge in [0, 0.05) is 16.2 Å². The number of aryl methyl sites for hydroxylation is 1. The molecule has 2 rings (SSSR count). The van der Waals surface area contributed by atoms with Gasteiger partial charge in [-0.3, -0.25) is 10.2 Å².